The number of aliphatic hydroxyl groups is 2. The molecule has 0 bridgehead atoms. The van der Waals surface area contributed by atoms with E-state index < -0.39 is 0 Å². The Balaban J connectivity index is 1.21. The van der Waals surface area contributed by atoms with Gasteiger partial charge < -0.3 is 26.2 Å². The third kappa shape index (κ3) is 7.14. The maximum atomic E-state index is 9.56. The lowest BCUT2D eigenvalue weighted by Crippen LogP contribution is -2.36. The van der Waals surface area contributed by atoms with E-state index in [1.807, 2.05) is 50.5 Å². The Morgan fingerprint density at radius 3 is 1.76 bits per heavy atom. The predicted molar refractivity (Wildman–Crippen MR) is 185 cm³/mol. The lowest BCUT2D eigenvalue weighted by atomic mass is 9.79. The van der Waals surface area contributed by atoms with Crippen molar-refractivity contribution in [1.82, 2.24) is 25.3 Å². The number of nitrogens with one attached hydrogen (secondary N) is 3. The van der Waals surface area contributed by atoms with Gasteiger partial charge in [-0.15, -0.1) is 0 Å². The Morgan fingerprint density at radius 2 is 1.22 bits per heavy atom. The standard InChI is InChI=1S/C35H41Cl2N7O2/c1-38-34-28(11-3-6-20-12-22(45)13-20)41-18-29(43-34)26-9-4-7-24(32(26)36)25-8-5-10-27(33(25)37)30-19-42-31(35(39-2)44-30)17-40-16-21-14-23(46)15-21/h4-5,7-10,18-23,40,45-46H,3,6,11-17H2,1-2H3,(H,38,43)(H,39,44). The summed E-state index contributed by atoms with van der Waals surface area (Å²) in [5.74, 6) is 2.55. The van der Waals surface area contributed by atoms with Crippen molar-refractivity contribution in [2.75, 3.05) is 31.3 Å². The minimum absolute atomic E-state index is 0.118. The van der Waals surface area contributed by atoms with Crippen LogP contribution < -0.4 is 16.0 Å². The van der Waals surface area contributed by atoms with Gasteiger partial charge >= 0.3 is 0 Å². The van der Waals surface area contributed by atoms with E-state index in [4.69, 9.17) is 43.1 Å². The highest BCUT2D eigenvalue weighted by Gasteiger charge is 2.27. The van der Waals surface area contributed by atoms with Crippen molar-refractivity contribution in [3.63, 3.8) is 0 Å². The second kappa shape index (κ2) is 14.6. The zero-order valence-electron chi connectivity index (χ0n) is 26.2. The Hall–Kier alpha value is -3.34. The first-order valence-electron chi connectivity index (χ1n) is 16.1. The molecule has 2 aliphatic rings. The van der Waals surface area contributed by atoms with Gasteiger partial charge in [-0.25, -0.2) is 9.97 Å². The molecule has 0 saturated heterocycles. The molecule has 5 N–H and O–H groups in total. The average Bonchev–Trinajstić information content (AvgIpc) is 3.03. The normalized spacial score (nSPS) is 20.6. The van der Waals surface area contributed by atoms with Crippen molar-refractivity contribution >= 4 is 34.8 Å². The van der Waals surface area contributed by atoms with Gasteiger partial charge in [0.05, 0.1) is 57.4 Å². The van der Waals surface area contributed by atoms with Crippen LogP contribution in [0.25, 0.3) is 33.6 Å². The Labute approximate surface area is 280 Å². The molecule has 11 heteroatoms. The molecule has 2 aromatic carbocycles. The molecule has 0 radical (unpaired) electrons. The smallest absolute Gasteiger partial charge is 0.149 e. The molecule has 2 fully saturated rings. The van der Waals surface area contributed by atoms with E-state index in [0.717, 1.165) is 91.0 Å². The van der Waals surface area contributed by atoms with E-state index in [-0.39, 0.29) is 12.2 Å². The molecule has 2 aliphatic carbocycles. The first kappa shape index (κ1) is 32.6. The van der Waals surface area contributed by atoms with Crippen molar-refractivity contribution in [2.24, 2.45) is 11.8 Å². The van der Waals surface area contributed by atoms with E-state index in [2.05, 4.69) is 16.0 Å². The fraction of sp³-hybridized carbons (Fsp3) is 0.429. The van der Waals surface area contributed by atoms with Gasteiger partial charge in [-0.2, -0.15) is 0 Å². The maximum absolute atomic E-state index is 9.56. The summed E-state index contributed by atoms with van der Waals surface area (Å²) >= 11 is 14.1. The third-order valence-electron chi connectivity index (χ3n) is 9.18. The molecule has 0 amide bonds. The average molecular weight is 663 g/mol. The SMILES string of the molecule is CNc1nc(-c2cccc(-c3cccc(-c4cnc(CNCC5CC(O)C5)c(NC)n4)c3Cl)c2Cl)cnc1CCCC1CC(O)C1. The van der Waals surface area contributed by atoms with E-state index in [1.54, 1.807) is 12.4 Å². The van der Waals surface area contributed by atoms with Gasteiger partial charge in [0.25, 0.3) is 0 Å². The number of halogens is 2. The number of aromatic nitrogens is 4. The molecular formula is C35H41Cl2N7O2. The van der Waals surface area contributed by atoms with E-state index in [1.165, 1.54) is 0 Å². The number of benzene rings is 2. The number of aryl methyl sites for hydroxylation is 1. The first-order chi connectivity index (χ1) is 22.3. The summed E-state index contributed by atoms with van der Waals surface area (Å²) in [5.41, 5.74) is 6.17. The van der Waals surface area contributed by atoms with Crippen molar-refractivity contribution in [3.05, 3.63) is 70.2 Å². The molecule has 0 spiro atoms. The topological polar surface area (TPSA) is 128 Å². The van der Waals surface area contributed by atoms with Crippen molar-refractivity contribution < 1.29 is 10.2 Å². The van der Waals surface area contributed by atoms with Crippen LogP contribution >= 0.6 is 23.2 Å². The lowest BCUT2D eigenvalue weighted by molar-refractivity contribution is 0.0383. The van der Waals surface area contributed by atoms with Crippen LogP contribution in [-0.2, 0) is 13.0 Å². The molecule has 0 aliphatic heterocycles. The molecule has 4 aromatic rings. The molecule has 242 valence electrons. The largest absolute Gasteiger partial charge is 0.393 e. The highest BCUT2D eigenvalue weighted by molar-refractivity contribution is 6.39. The van der Waals surface area contributed by atoms with E-state index in [9.17, 15) is 10.2 Å². The van der Waals surface area contributed by atoms with Crippen molar-refractivity contribution in [2.45, 2.75) is 63.7 Å². The highest BCUT2D eigenvalue weighted by Crippen LogP contribution is 2.42. The molecule has 0 unspecified atom stereocenters. The van der Waals surface area contributed by atoms with Crippen LogP contribution in [-0.4, -0.2) is 63.0 Å². The predicted octanol–water partition coefficient (Wildman–Crippen LogP) is 6.61. The molecule has 2 saturated carbocycles. The monoisotopic (exact) mass is 661 g/mol. The minimum Gasteiger partial charge on any atom is -0.393 e. The molecular weight excluding hydrogens is 621 g/mol. The summed E-state index contributed by atoms with van der Waals surface area (Å²) < 4.78 is 0. The quantitative estimate of drug-likeness (QED) is 0.107. The van der Waals surface area contributed by atoms with E-state index >= 15 is 0 Å². The molecule has 2 heterocycles. The van der Waals surface area contributed by atoms with Gasteiger partial charge in [0.2, 0.25) is 0 Å². The Bertz CT molecular complexity index is 1550. The number of rotatable bonds is 13. The summed E-state index contributed by atoms with van der Waals surface area (Å²) in [6, 6.07) is 11.7. The maximum Gasteiger partial charge on any atom is 0.149 e. The molecule has 2 aromatic heterocycles. The second-order valence-corrected chi connectivity index (χ2v) is 13.2. The fourth-order valence-corrected chi connectivity index (χ4v) is 7.08. The summed E-state index contributed by atoms with van der Waals surface area (Å²) in [4.78, 5) is 19.2. The second-order valence-electron chi connectivity index (χ2n) is 12.4. The van der Waals surface area contributed by atoms with Gasteiger partial charge in [0, 0.05) is 42.9 Å². The highest BCUT2D eigenvalue weighted by atomic mass is 35.5. The number of aliphatic hydroxyl groups excluding tert-OH is 2. The van der Waals surface area contributed by atoms with Gasteiger partial charge in [-0.1, -0.05) is 59.6 Å². The Morgan fingerprint density at radius 1 is 0.717 bits per heavy atom. The van der Waals surface area contributed by atoms with Crippen LogP contribution in [0, 0.1) is 11.8 Å². The van der Waals surface area contributed by atoms with Gasteiger partial charge in [-0.3, -0.25) is 9.97 Å². The van der Waals surface area contributed by atoms with Crippen molar-refractivity contribution in [3.8, 4) is 33.6 Å². The van der Waals surface area contributed by atoms with E-state index in [0.29, 0.717) is 45.6 Å². The van der Waals surface area contributed by atoms with Crippen LogP contribution in [0.15, 0.2) is 48.8 Å². The van der Waals surface area contributed by atoms with Gasteiger partial charge in [0.15, 0.2) is 0 Å². The van der Waals surface area contributed by atoms with Crippen LogP contribution in [0.2, 0.25) is 10.0 Å². The minimum atomic E-state index is -0.155. The Kier molecular flexibility index (Phi) is 10.4. The fourth-order valence-electron chi connectivity index (χ4n) is 6.43. The molecule has 0 atom stereocenters. The summed E-state index contributed by atoms with van der Waals surface area (Å²) in [6.07, 6.45) is 9.71. The van der Waals surface area contributed by atoms with Crippen LogP contribution in [0.3, 0.4) is 0 Å². The molecule has 6 rings (SSSR count). The van der Waals surface area contributed by atoms with Crippen LogP contribution in [0.4, 0.5) is 11.6 Å². The molecule has 9 nitrogen and oxygen atoms in total. The van der Waals surface area contributed by atoms with Gasteiger partial charge in [-0.05, 0) is 63.3 Å². The number of hydrogen-bond acceptors (Lipinski definition) is 9. The number of hydrogen-bond donors (Lipinski definition) is 5. The third-order valence-corrected chi connectivity index (χ3v) is 10.00. The number of anilines is 2. The van der Waals surface area contributed by atoms with Crippen molar-refractivity contribution in [1.29, 1.82) is 0 Å². The van der Waals surface area contributed by atoms with Crippen LogP contribution in [0.1, 0.15) is 49.9 Å². The first-order valence-corrected chi connectivity index (χ1v) is 16.8. The summed E-state index contributed by atoms with van der Waals surface area (Å²) in [7, 11) is 3.69. The van der Waals surface area contributed by atoms with Crippen LogP contribution in [0.5, 0.6) is 0 Å². The summed E-state index contributed by atoms with van der Waals surface area (Å²) in [5, 5.41) is 30.0. The number of nitrogens with zero attached hydrogens (tertiary/aromatic N) is 4. The zero-order valence-corrected chi connectivity index (χ0v) is 27.7. The lowest BCUT2D eigenvalue weighted by Gasteiger charge is -2.31. The van der Waals surface area contributed by atoms with Gasteiger partial charge in [0.1, 0.15) is 11.6 Å². The molecule has 46 heavy (non-hydrogen) atoms. The zero-order chi connectivity index (χ0) is 32.2. The summed E-state index contributed by atoms with van der Waals surface area (Å²) in [6.45, 7) is 1.42.